The monoisotopic (exact) mass is 194 g/mol. The third kappa shape index (κ3) is 2.82. The third-order valence-corrected chi connectivity index (χ3v) is 2.53. The zero-order valence-electron chi connectivity index (χ0n) is 9.08. The Morgan fingerprint density at radius 2 is 1.86 bits per heavy atom. The van der Waals surface area contributed by atoms with Gasteiger partial charge in [0.05, 0.1) is 12.2 Å². The van der Waals surface area contributed by atoms with Gasteiger partial charge in [-0.25, -0.2) is 0 Å². The van der Waals surface area contributed by atoms with Crippen molar-refractivity contribution in [1.82, 2.24) is 0 Å². The lowest BCUT2D eigenvalue weighted by Gasteiger charge is -2.25. The summed E-state index contributed by atoms with van der Waals surface area (Å²) >= 11 is 0. The smallest absolute Gasteiger partial charge is 0.0920 e. The van der Waals surface area contributed by atoms with Crippen LogP contribution in [0.25, 0.3) is 0 Å². The molecule has 2 heteroatoms. The number of aliphatic hydroxyl groups excluding tert-OH is 1. The topological polar surface area (TPSA) is 29.5 Å². The van der Waals surface area contributed by atoms with Crippen molar-refractivity contribution in [2.75, 3.05) is 13.7 Å². The minimum Gasteiger partial charge on any atom is -0.393 e. The van der Waals surface area contributed by atoms with Gasteiger partial charge in [-0.3, -0.25) is 0 Å². The fourth-order valence-electron chi connectivity index (χ4n) is 1.33. The molecule has 0 amide bonds. The molecule has 0 heterocycles. The van der Waals surface area contributed by atoms with Crippen LogP contribution in [0.5, 0.6) is 0 Å². The first-order valence-electron chi connectivity index (χ1n) is 4.81. The van der Waals surface area contributed by atoms with Gasteiger partial charge in [0.25, 0.3) is 0 Å². The van der Waals surface area contributed by atoms with Crippen LogP contribution in [-0.2, 0) is 11.2 Å². The highest BCUT2D eigenvalue weighted by atomic mass is 16.5. The van der Waals surface area contributed by atoms with E-state index in [0.29, 0.717) is 0 Å². The average molecular weight is 194 g/mol. The Kier molecular flexibility index (Phi) is 3.67. The molecule has 0 aliphatic carbocycles. The molecule has 0 radical (unpaired) electrons. The standard InChI is InChI=1S/C12H18O2/c1-10-4-6-11(7-5-10)8-12(2,9-13)14-3/h4-7,13H,8-9H2,1-3H3. The first kappa shape index (κ1) is 11.2. The molecule has 0 fully saturated rings. The summed E-state index contributed by atoms with van der Waals surface area (Å²) < 4.78 is 5.27. The maximum Gasteiger partial charge on any atom is 0.0920 e. The van der Waals surface area contributed by atoms with Gasteiger partial charge in [0.1, 0.15) is 0 Å². The van der Waals surface area contributed by atoms with E-state index in [-0.39, 0.29) is 6.61 Å². The molecule has 0 aromatic heterocycles. The molecule has 0 saturated heterocycles. The van der Waals surface area contributed by atoms with Crippen molar-refractivity contribution >= 4 is 0 Å². The Morgan fingerprint density at radius 1 is 1.29 bits per heavy atom. The largest absolute Gasteiger partial charge is 0.393 e. The van der Waals surface area contributed by atoms with Crippen molar-refractivity contribution in [3.63, 3.8) is 0 Å². The van der Waals surface area contributed by atoms with E-state index in [1.807, 2.05) is 6.92 Å². The number of methoxy groups -OCH3 is 1. The van der Waals surface area contributed by atoms with Crippen LogP contribution < -0.4 is 0 Å². The Hall–Kier alpha value is -0.860. The number of ether oxygens (including phenoxy) is 1. The van der Waals surface area contributed by atoms with Crippen LogP contribution in [0, 0.1) is 6.92 Å². The number of rotatable bonds is 4. The first-order chi connectivity index (χ1) is 6.59. The molecule has 1 unspecified atom stereocenters. The van der Waals surface area contributed by atoms with Crippen LogP contribution in [0.2, 0.25) is 0 Å². The highest BCUT2D eigenvalue weighted by Crippen LogP contribution is 2.16. The van der Waals surface area contributed by atoms with Gasteiger partial charge >= 0.3 is 0 Å². The van der Waals surface area contributed by atoms with E-state index in [1.165, 1.54) is 11.1 Å². The Balaban J connectivity index is 2.72. The van der Waals surface area contributed by atoms with Gasteiger partial charge in [0.2, 0.25) is 0 Å². The summed E-state index contributed by atoms with van der Waals surface area (Å²) in [5, 5.41) is 9.18. The van der Waals surface area contributed by atoms with Crippen molar-refractivity contribution < 1.29 is 9.84 Å². The molecule has 1 aromatic carbocycles. The summed E-state index contributed by atoms with van der Waals surface area (Å²) in [6.45, 7) is 4.01. The van der Waals surface area contributed by atoms with Crippen molar-refractivity contribution in [1.29, 1.82) is 0 Å². The molecule has 0 aliphatic rings. The highest BCUT2D eigenvalue weighted by Gasteiger charge is 2.22. The summed E-state index contributed by atoms with van der Waals surface area (Å²) in [7, 11) is 1.63. The van der Waals surface area contributed by atoms with Crippen LogP contribution in [0.3, 0.4) is 0 Å². The van der Waals surface area contributed by atoms with Gasteiger partial charge in [-0.15, -0.1) is 0 Å². The summed E-state index contributed by atoms with van der Waals surface area (Å²) in [6, 6.07) is 8.29. The van der Waals surface area contributed by atoms with Crippen LogP contribution in [0.4, 0.5) is 0 Å². The lowest BCUT2D eigenvalue weighted by molar-refractivity contribution is -0.0368. The van der Waals surface area contributed by atoms with Gasteiger partial charge in [0.15, 0.2) is 0 Å². The predicted molar refractivity (Wildman–Crippen MR) is 57.4 cm³/mol. The summed E-state index contributed by atoms with van der Waals surface area (Å²) in [4.78, 5) is 0. The van der Waals surface area contributed by atoms with E-state index < -0.39 is 5.60 Å². The molecule has 78 valence electrons. The van der Waals surface area contributed by atoms with E-state index in [1.54, 1.807) is 7.11 Å². The average Bonchev–Trinajstić information content (AvgIpc) is 2.21. The summed E-state index contributed by atoms with van der Waals surface area (Å²) in [5.74, 6) is 0. The van der Waals surface area contributed by atoms with Crippen molar-refractivity contribution in [2.24, 2.45) is 0 Å². The Bertz CT molecular complexity index is 273. The predicted octanol–water partition coefficient (Wildman–Crippen LogP) is 1.93. The van der Waals surface area contributed by atoms with Crippen LogP contribution in [0.15, 0.2) is 24.3 Å². The molecule has 0 bridgehead atoms. The van der Waals surface area contributed by atoms with Crippen molar-refractivity contribution in [3.05, 3.63) is 35.4 Å². The zero-order valence-corrected chi connectivity index (χ0v) is 9.08. The molecule has 0 saturated carbocycles. The van der Waals surface area contributed by atoms with E-state index in [2.05, 4.69) is 31.2 Å². The molecule has 2 nitrogen and oxygen atoms in total. The molecular formula is C12H18O2. The highest BCUT2D eigenvalue weighted by molar-refractivity contribution is 5.22. The lowest BCUT2D eigenvalue weighted by atomic mass is 9.96. The molecule has 14 heavy (non-hydrogen) atoms. The van der Waals surface area contributed by atoms with E-state index in [9.17, 15) is 5.11 Å². The second-order valence-corrected chi connectivity index (χ2v) is 3.97. The van der Waals surface area contributed by atoms with Crippen molar-refractivity contribution in [2.45, 2.75) is 25.9 Å². The number of aliphatic hydroxyl groups is 1. The van der Waals surface area contributed by atoms with E-state index >= 15 is 0 Å². The van der Waals surface area contributed by atoms with Crippen LogP contribution >= 0.6 is 0 Å². The maximum atomic E-state index is 9.18. The van der Waals surface area contributed by atoms with Gasteiger partial charge in [-0.2, -0.15) is 0 Å². The Labute approximate surface area is 85.5 Å². The van der Waals surface area contributed by atoms with Gasteiger partial charge < -0.3 is 9.84 Å². The quantitative estimate of drug-likeness (QED) is 0.793. The minimum absolute atomic E-state index is 0.0391. The zero-order chi connectivity index (χ0) is 10.6. The lowest BCUT2D eigenvalue weighted by Crippen LogP contribution is -2.34. The molecule has 1 rings (SSSR count). The van der Waals surface area contributed by atoms with E-state index in [0.717, 1.165) is 6.42 Å². The second-order valence-electron chi connectivity index (χ2n) is 3.97. The molecule has 0 aliphatic heterocycles. The SMILES string of the molecule is COC(C)(CO)Cc1ccc(C)cc1. The Morgan fingerprint density at radius 3 is 2.29 bits per heavy atom. The van der Waals surface area contributed by atoms with E-state index in [4.69, 9.17) is 4.74 Å². The summed E-state index contributed by atoms with van der Waals surface area (Å²) in [5.41, 5.74) is 1.97. The molecule has 0 spiro atoms. The molecule has 1 N–H and O–H groups in total. The van der Waals surface area contributed by atoms with Gasteiger partial charge in [-0.05, 0) is 19.4 Å². The number of benzene rings is 1. The van der Waals surface area contributed by atoms with Crippen LogP contribution in [0.1, 0.15) is 18.1 Å². The van der Waals surface area contributed by atoms with Gasteiger partial charge in [0, 0.05) is 13.5 Å². The molecule has 1 atom stereocenters. The number of hydrogen-bond acceptors (Lipinski definition) is 2. The van der Waals surface area contributed by atoms with Gasteiger partial charge in [-0.1, -0.05) is 29.8 Å². The first-order valence-corrected chi connectivity index (χ1v) is 4.81. The molecule has 1 aromatic rings. The fraction of sp³-hybridized carbons (Fsp3) is 0.500. The normalized spacial score (nSPS) is 15.1. The fourth-order valence-corrected chi connectivity index (χ4v) is 1.33. The number of hydrogen-bond donors (Lipinski definition) is 1. The van der Waals surface area contributed by atoms with Crippen LogP contribution in [-0.4, -0.2) is 24.4 Å². The number of aryl methyl sites for hydroxylation is 1. The van der Waals surface area contributed by atoms with Crippen molar-refractivity contribution in [3.8, 4) is 0 Å². The maximum absolute atomic E-state index is 9.18. The molecular weight excluding hydrogens is 176 g/mol. The minimum atomic E-state index is -0.463. The third-order valence-electron chi connectivity index (χ3n) is 2.53. The second kappa shape index (κ2) is 4.58. The summed E-state index contributed by atoms with van der Waals surface area (Å²) in [6.07, 6.45) is 0.736.